The largest absolute Gasteiger partial charge is 0.381 e. The second-order valence-electron chi connectivity index (χ2n) is 4.57. The Labute approximate surface area is 107 Å². The summed E-state index contributed by atoms with van der Waals surface area (Å²) in [6.07, 6.45) is 2.55. The summed E-state index contributed by atoms with van der Waals surface area (Å²) >= 11 is 6.02. The van der Waals surface area contributed by atoms with Crippen LogP contribution in [0.25, 0.3) is 0 Å². The molecule has 1 aromatic heterocycles. The number of halogens is 1. The number of anilines is 1. The Bertz CT molecular complexity index is 383. The van der Waals surface area contributed by atoms with Gasteiger partial charge in [-0.1, -0.05) is 0 Å². The van der Waals surface area contributed by atoms with Gasteiger partial charge in [0, 0.05) is 32.8 Å². The molecule has 17 heavy (non-hydrogen) atoms. The van der Waals surface area contributed by atoms with Crippen LogP contribution in [-0.2, 0) is 17.7 Å². The van der Waals surface area contributed by atoms with Crippen molar-refractivity contribution in [3.05, 3.63) is 11.3 Å². The lowest BCUT2D eigenvalue weighted by Gasteiger charge is -2.33. The van der Waals surface area contributed by atoms with E-state index in [4.69, 9.17) is 16.3 Å². The minimum absolute atomic E-state index is 0.403. The van der Waals surface area contributed by atoms with Crippen molar-refractivity contribution in [3.8, 4) is 0 Å². The number of rotatable bonds is 3. The number of aryl methyl sites for hydroxylation is 2. The third-order valence-corrected chi connectivity index (χ3v) is 3.79. The molecule has 96 valence electrons. The Kier molecular flexibility index (Phi) is 3.94. The highest BCUT2D eigenvalue weighted by Crippen LogP contribution is 2.27. The van der Waals surface area contributed by atoms with Crippen LogP contribution >= 0.6 is 11.6 Å². The maximum atomic E-state index is 6.02. The van der Waals surface area contributed by atoms with Gasteiger partial charge in [0.15, 0.2) is 0 Å². The Morgan fingerprint density at radius 1 is 1.41 bits per heavy atom. The molecule has 0 radical (unpaired) electrons. The van der Waals surface area contributed by atoms with Crippen LogP contribution in [0.3, 0.4) is 0 Å². The molecule has 1 fully saturated rings. The monoisotopic (exact) mass is 257 g/mol. The summed E-state index contributed by atoms with van der Waals surface area (Å²) in [5.41, 5.74) is 2.19. The average Bonchev–Trinajstić information content (AvgIpc) is 2.63. The van der Waals surface area contributed by atoms with Crippen LogP contribution in [0.5, 0.6) is 0 Å². The number of alkyl halides is 1. The third-order valence-electron chi connectivity index (χ3n) is 3.52. The van der Waals surface area contributed by atoms with E-state index in [1.165, 1.54) is 5.82 Å². The first-order valence-electron chi connectivity index (χ1n) is 6.03. The van der Waals surface area contributed by atoms with E-state index in [0.29, 0.717) is 12.0 Å². The van der Waals surface area contributed by atoms with Crippen molar-refractivity contribution in [2.45, 2.75) is 31.7 Å². The van der Waals surface area contributed by atoms with Crippen molar-refractivity contribution < 1.29 is 4.74 Å². The van der Waals surface area contributed by atoms with Gasteiger partial charge in [-0.3, -0.25) is 4.68 Å². The zero-order chi connectivity index (χ0) is 12.4. The van der Waals surface area contributed by atoms with Crippen LogP contribution in [0.1, 0.15) is 24.1 Å². The van der Waals surface area contributed by atoms with Gasteiger partial charge < -0.3 is 9.64 Å². The molecule has 0 saturated carbocycles. The zero-order valence-corrected chi connectivity index (χ0v) is 11.5. The molecule has 0 aliphatic carbocycles. The summed E-state index contributed by atoms with van der Waals surface area (Å²) in [5, 5.41) is 4.46. The normalized spacial score (nSPS) is 17.8. The molecular weight excluding hydrogens is 238 g/mol. The quantitative estimate of drug-likeness (QED) is 0.777. The number of ether oxygens (including phenoxy) is 1. The fourth-order valence-corrected chi connectivity index (χ4v) is 2.86. The van der Waals surface area contributed by atoms with E-state index in [-0.39, 0.29) is 0 Å². The van der Waals surface area contributed by atoms with Gasteiger partial charge in [0.25, 0.3) is 0 Å². The van der Waals surface area contributed by atoms with E-state index < -0.39 is 0 Å². The van der Waals surface area contributed by atoms with E-state index in [9.17, 15) is 0 Å². The van der Waals surface area contributed by atoms with Gasteiger partial charge in [-0.05, 0) is 19.8 Å². The number of hydrogen-bond acceptors (Lipinski definition) is 3. The lowest BCUT2D eigenvalue weighted by Crippen LogP contribution is -2.38. The number of piperidine rings is 1. The van der Waals surface area contributed by atoms with E-state index in [0.717, 1.165) is 37.2 Å². The first kappa shape index (κ1) is 12.7. The van der Waals surface area contributed by atoms with Crippen LogP contribution in [0.15, 0.2) is 0 Å². The highest BCUT2D eigenvalue weighted by Gasteiger charge is 2.24. The van der Waals surface area contributed by atoms with Gasteiger partial charge in [-0.2, -0.15) is 5.10 Å². The van der Waals surface area contributed by atoms with Gasteiger partial charge >= 0.3 is 0 Å². The molecule has 5 heteroatoms. The predicted molar refractivity (Wildman–Crippen MR) is 69.7 cm³/mol. The maximum Gasteiger partial charge on any atom is 0.131 e. The molecule has 0 N–H and O–H groups in total. The van der Waals surface area contributed by atoms with Crippen LogP contribution in [-0.4, -0.2) is 36.1 Å². The van der Waals surface area contributed by atoms with Crippen LogP contribution in [0.2, 0.25) is 0 Å². The molecule has 0 unspecified atom stereocenters. The average molecular weight is 258 g/mol. The lowest BCUT2D eigenvalue weighted by molar-refractivity contribution is 0.0816. The minimum Gasteiger partial charge on any atom is -0.381 e. The van der Waals surface area contributed by atoms with E-state index >= 15 is 0 Å². The summed E-state index contributed by atoms with van der Waals surface area (Å²) in [7, 11) is 3.78. The summed E-state index contributed by atoms with van der Waals surface area (Å²) < 4.78 is 7.34. The van der Waals surface area contributed by atoms with Crippen molar-refractivity contribution in [2.75, 3.05) is 25.1 Å². The second-order valence-corrected chi connectivity index (χ2v) is 4.83. The highest BCUT2D eigenvalue weighted by molar-refractivity contribution is 6.17. The van der Waals surface area contributed by atoms with Crippen LogP contribution in [0, 0.1) is 6.92 Å². The SMILES string of the molecule is COC1CCN(c2c(CCl)c(C)nn2C)CC1. The molecule has 0 bridgehead atoms. The second kappa shape index (κ2) is 5.27. The Morgan fingerprint density at radius 2 is 2.06 bits per heavy atom. The summed E-state index contributed by atoms with van der Waals surface area (Å²) in [6, 6.07) is 0. The maximum absolute atomic E-state index is 6.02. The number of aromatic nitrogens is 2. The smallest absolute Gasteiger partial charge is 0.131 e. The standard InChI is InChI=1S/C12H20ClN3O/c1-9-11(8-13)12(15(2)14-9)16-6-4-10(17-3)5-7-16/h10H,4-8H2,1-3H3. The molecule has 0 spiro atoms. The van der Waals surface area contributed by atoms with Gasteiger partial charge in [0.1, 0.15) is 5.82 Å². The number of methoxy groups -OCH3 is 1. The number of hydrogen-bond donors (Lipinski definition) is 0. The molecule has 2 rings (SSSR count). The van der Waals surface area contributed by atoms with Crippen molar-refractivity contribution in [1.29, 1.82) is 0 Å². The Morgan fingerprint density at radius 3 is 2.59 bits per heavy atom. The van der Waals surface area contributed by atoms with Gasteiger partial charge in [0.2, 0.25) is 0 Å². The molecule has 0 atom stereocenters. The highest BCUT2D eigenvalue weighted by atomic mass is 35.5. The molecule has 4 nitrogen and oxygen atoms in total. The first-order valence-corrected chi connectivity index (χ1v) is 6.57. The number of nitrogens with zero attached hydrogens (tertiary/aromatic N) is 3. The molecule has 0 amide bonds. The fourth-order valence-electron chi connectivity index (χ4n) is 2.55. The fraction of sp³-hybridized carbons (Fsp3) is 0.750. The van der Waals surface area contributed by atoms with E-state index in [1.54, 1.807) is 7.11 Å². The topological polar surface area (TPSA) is 30.3 Å². The van der Waals surface area contributed by atoms with Gasteiger partial charge in [0.05, 0.1) is 17.7 Å². The van der Waals surface area contributed by atoms with Gasteiger partial charge in [-0.25, -0.2) is 0 Å². The minimum atomic E-state index is 0.403. The third kappa shape index (κ3) is 2.43. The Balaban J connectivity index is 2.18. The zero-order valence-electron chi connectivity index (χ0n) is 10.7. The molecule has 0 aromatic carbocycles. The van der Waals surface area contributed by atoms with E-state index in [1.807, 2.05) is 18.7 Å². The molecule has 1 aromatic rings. The van der Waals surface area contributed by atoms with Gasteiger partial charge in [-0.15, -0.1) is 11.6 Å². The van der Waals surface area contributed by atoms with Crippen LogP contribution in [0.4, 0.5) is 5.82 Å². The molecule has 1 aliphatic rings. The van der Waals surface area contributed by atoms with Crippen molar-refractivity contribution >= 4 is 17.4 Å². The summed E-state index contributed by atoms with van der Waals surface area (Å²) in [5.74, 6) is 1.70. The molecule has 1 saturated heterocycles. The van der Waals surface area contributed by atoms with E-state index in [2.05, 4.69) is 10.00 Å². The summed E-state index contributed by atoms with van der Waals surface area (Å²) in [6.45, 7) is 4.05. The van der Waals surface area contributed by atoms with Crippen molar-refractivity contribution in [2.24, 2.45) is 7.05 Å². The lowest BCUT2D eigenvalue weighted by atomic mass is 10.1. The van der Waals surface area contributed by atoms with Crippen LogP contribution < -0.4 is 4.90 Å². The predicted octanol–water partition coefficient (Wildman–Crippen LogP) is 2.08. The van der Waals surface area contributed by atoms with Crippen molar-refractivity contribution in [1.82, 2.24) is 9.78 Å². The first-order chi connectivity index (χ1) is 8.17. The van der Waals surface area contributed by atoms with Crippen molar-refractivity contribution in [3.63, 3.8) is 0 Å². The Hall–Kier alpha value is -0.740. The summed E-state index contributed by atoms with van der Waals surface area (Å²) in [4.78, 5) is 2.37. The molecule has 1 aliphatic heterocycles. The molecule has 2 heterocycles. The molecular formula is C12H20ClN3O.